The number of imidazole rings is 1. The third-order valence-electron chi connectivity index (χ3n) is 4.48. The van der Waals surface area contributed by atoms with Crippen molar-refractivity contribution in [2.45, 2.75) is 13.0 Å². The maximum Gasteiger partial charge on any atom is 0.329 e. The van der Waals surface area contributed by atoms with Crippen LogP contribution in [0, 0.1) is 0 Å². The second-order valence-corrected chi connectivity index (χ2v) is 6.09. The Morgan fingerprint density at radius 1 is 1.04 bits per heavy atom. The van der Waals surface area contributed by atoms with Gasteiger partial charge in [-0.15, -0.1) is 0 Å². The first kappa shape index (κ1) is 17.7. The number of ether oxygens (including phenoxy) is 2. The number of aromatic amines is 1. The average molecular weight is 378 g/mol. The molecule has 9 nitrogen and oxygen atoms in total. The second kappa shape index (κ2) is 7.10. The predicted octanol–water partition coefficient (Wildman–Crippen LogP) is 2.20. The van der Waals surface area contributed by atoms with Crippen molar-refractivity contribution in [2.24, 2.45) is 0 Å². The van der Waals surface area contributed by atoms with Crippen molar-refractivity contribution in [2.75, 3.05) is 14.2 Å². The summed E-state index contributed by atoms with van der Waals surface area (Å²) < 4.78 is 11.9. The van der Waals surface area contributed by atoms with E-state index in [0.717, 1.165) is 5.56 Å². The minimum Gasteiger partial charge on any atom is -0.480 e. The minimum absolute atomic E-state index is 0.186. The summed E-state index contributed by atoms with van der Waals surface area (Å²) in [7, 11) is 2.97. The Hall–Kier alpha value is -3.75. The second-order valence-electron chi connectivity index (χ2n) is 6.09. The van der Waals surface area contributed by atoms with Gasteiger partial charge in [0.25, 0.3) is 0 Å². The fraction of sp³-hybridized carbons (Fsp3) is 0.211. The van der Waals surface area contributed by atoms with Gasteiger partial charge in [0, 0.05) is 6.20 Å². The molecule has 0 saturated heterocycles. The van der Waals surface area contributed by atoms with E-state index in [2.05, 4.69) is 24.9 Å². The largest absolute Gasteiger partial charge is 0.480 e. The number of methoxy groups -OCH3 is 2. The maximum atomic E-state index is 12.6. The molecule has 0 spiro atoms. The van der Waals surface area contributed by atoms with E-state index in [1.165, 1.54) is 14.2 Å². The number of benzene rings is 1. The van der Waals surface area contributed by atoms with Gasteiger partial charge in [-0.3, -0.25) is 9.55 Å². The van der Waals surface area contributed by atoms with Crippen LogP contribution in [0.1, 0.15) is 18.5 Å². The number of aromatic nitrogens is 6. The predicted molar refractivity (Wildman–Crippen MR) is 103 cm³/mol. The first-order valence-corrected chi connectivity index (χ1v) is 8.60. The minimum atomic E-state index is -0.276. The number of fused-ring (bicyclic) bond motifs is 1. The lowest BCUT2D eigenvalue weighted by atomic mass is 10.1. The van der Waals surface area contributed by atoms with Crippen LogP contribution in [0.4, 0.5) is 0 Å². The summed E-state index contributed by atoms with van der Waals surface area (Å²) in [4.78, 5) is 32.6. The molecule has 142 valence electrons. The molecule has 4 rings (SSSR count). The third-order valence-corrected chi connectivity index (χ3v) is 4.48. The summed E-state index contributed by atoms with van der Waals surface area (Å²) >= 11 is 0. The molecule has 4 aromatic rings. The van der Waals surface area contributed by atoms with Crippen LogP contribution in [-0.2, 0) is 0 Å². The SMILES string of the molecule is COc1ncc(-c2cnc3c(n2)[nH]c(=O)n3[C@@H](C)c2ccccc2)c(OC)n1. The molecule has 3 heterocycles. The number of rotatable bonds is 5. The molecule has 0 aliphatic rings. The monoisotopic (exact) mass is 378 g/mol. The van der Waals surface area contributed by atoms with E-state index < -0.39 is 0 Å². The lowest BCUT2D eigenvalue weighted by Gasteiger charge is -2.13. The van der Waals surface area contributed by atoms with E-state index in [-0.39, 0.29) is 17.7 Å². The summed E-state index contributed by atoms with van der Waals surface area (Å²) in [6.07, 6.45) is 3.11. The van der Waals surface area contributed by atoms with Gasteiger partial charge in [-0.05, 0) is 12.5 Å². The molecule has 0 amide bonds. The first-order chi connectivity index (χ1) is 13.6. The van der Waals surface area contributed by atoms with E-state index in [0.29, 0.717) is 28.4 Å². The van der Waals surface area contributed by atoms with Crippen LogP contribution in [0.2, 0.25) is 0 Å². The highest BCUT2D eigenvalue weighted by atomic mass is 16.5. The summed E-state index contributed by atoms with van der Waals surface area (Å²) in [5.41, 5.74) is 2.60. The normalized spacial score (nSPS) is 12.1. The van der Waals surface area contributed by atoms with Gasteiger partial charge in [-0.1, -0.05) is 30.3 Å². The number of H-pyrrole nitrogens is 1. The highest BCUT2D eigenvalue weighted by molar-refractivity contribution is 5.72. The lowest BCUT2D eigenvalue weighted by molar-refractivity contribution is 0.353. The van der Waals surface area contributed by atoms with Crippen LogP contribution in [0.15, 0.2) is 47.5 Å². The van der Waals surface area contributed by atoms with Gasteiger partial charge >= 0.3 is 11.7 Å². The number of hydrogen-bond donors (Lipinski definition) is 1. The summed E-state index contributed by atoms with van der Waals surface area (Å²) in [5.74, 6) is 0.305. The zero-order chi connectivity index (χ0) is 19.7. The number of nitrogens with zero attached hydrogens (tertiary/aromatic N) is 5. The molecule has 1 aromatic carbocycles. The summed E-state index contributed by atoms with van der Waals surface area (Å²) in [6, 6.07) is 9.74. The van der Waals surface area contributed by atoms with Crippen molar-refractivity contribution in [3.63, 3.8) is 0 Å². The molecule has 1 N–H and O–H groups in total. The molecule has 0 unspecified atom stereocenters. The van der Waals surface area contributed by atoms with Crippen LogP contribution < -0.4 is 15.2 Å². The van der Waals surface area contributed by atoms with Gasteiger partial charge < -0.3 is 9.47 Å². The quantitative estimate of drug-likeness (QED) is 0.567. The molecule has 3 aromatic heterocycles. The number of hydrogen-bond acceptors (Lipinski definition) is 7. The molecular formula is C19H18N6O3. The van der Waals surface area contributed by atoms with Crippen molar-refractivity contribution in [3.8, 4) is 23.1 Å². The van der Waals surface area contributed by atoms with Crippen molar-refractivity contribution in [1.29, 1.82) is 0 Å². The van der Waals surface area contributed by atoms with Crippen LogP contribution in [0.5, 0.6) is 11.9 Å². The van der Waals surface area contributed by atoms with E-state index in [9.17, 15) is 4.79 Å². The van der Waals surface area contributed by atoms with Gasteiger partial charge in [-0.25, -0.2) is 19.7 Å². The molecule has 1 atom stereocenters. The van der Waals surface area contributed by atoms with Crippen LogP contribution in [0.25, 0.3) is 22.6 Å². The molecule has 9 heteroatoms. The summed E-state index contributed by atoms with van der Waals surface area (Å²) in [5, 5.41) is 0. The average Bonchev–Trinajstić information content (AvgIpc) is 3.08. The van der Waals surface area contributed by atoms with Crippen molar-refractivity contribution in [3.05, 3.63) is 58.8 Å². The smallest absolute Gasteiger partial charge is 0.329 e. The van der Waals surface area contributed by atoms with Crippen LogP contribution >= 0.6 is 0 Å². The zero-order valence-electron chi connectivity index (χ0n) is 15.6. The van der Waals surface area contributed by atoms with Gasteiger partial charge in [0.15, 0.2) is 11.3 Å². The highest BCUT2D eigenvalue weighted by Gasteiger charge is 2.19. The summed E-state index contributed by atoms with van der Waals surface area (Å²) in [6.45, 7) is 1.94. The molecule has 0 aliphatic carbocycles. The van der Waals surface area contributed by atoms with Crippen molar-refractivity contribution in [1.82, 2.24) is 29.5 Å². The number of nitrogens with one attached hydrogen (secondary N) is 1. The van der Waals surface area contributed by atoms with E-state index in [1.54, 1.807) is 17.0 Å². The molecule has 0 fully saturated rings. The molecular weight excluding hydrogens is 360 g/mol. The fourth-order valence-electron chi connectivity index (χ4n) is 3.05. The molecule has 0 aliphatic heterocycles. The van der Waals surface area contributed by atoms with E-state index in [4.69, 9.17) is 9.47 Å². The van der Waals surface area contributed by atoms with Crippen LogP contribution in [-0.4, -0.2) is 43.7 Å². The van der Waals surface area contributed by atoms with Gasteiger partial charge in [0.05, 0.1) is 37.7 Å². The Balaban J connectivity index is 1.81. The third kappa shape index (κ3) is 2.96. The Morgan fingerprint density at radius 3 is 2.54 bits per heavy atom. The molecule has 0 bridgehead atoms. The van der Waals surface area contributed by atoms with Gasteiger partial charge in [0.2, 0.25) is 5.88 Å². The Kier molecular flexibility index (Phi) is 4.48. The maximum absolute atomic E-state index is 12.6. The fourth-order valence-corrected chi connectivity index (χ4v) is 3.05. The van der Waals surface area contributed by atoms with Crippen molar-refractivity contribution >= 4 is 11.3 Å². The van der Waals surface area contributed by atoms with E-state index >= 15 is 0 Å². The molecule has 28 heavy (non-hydrogen) atoms. The Labute approximate surface area is 160 Å². The van der Waals surface area contributed by atoms with E-state index in [1.807, 2.05) is 37.3 Å². The Morgan fingerprint density at radius 2 is 1.82 bits per heavy atom. The van der Waals surface area contributed by atoms with Gasteiger partial charge in [0.1, 0.15) is 0 Å². The van der Waals surface area contributed by atoms with Gasteiger partial charge in [-0.2, -0.15) is 4.98 Å². The van der Waals surface area contributed by atoms with Crippen LogP contribution in [0.3, 0.4) is 0 Å². The topological polar surface area (TPSA) is 108 Å². The standard InChI is InChI=1S/C19H18N6O3/c1-11(12-7-5-4-6-8-12)25-16-15(23-19(25)26)22-14(10-20-16)13-9-21-18(28-3)24-17(13)27-2/h4-11H,1-3H3,(H,22,23,26)/t11-/m0/s1. The molecule has 0 radical (unpaired) electrons. The zero-order valence-corrected chi connectivity index (χ0v) is 15.6. The first-order valence-electron chi connectivity index (χ1n) is 8.60. The van der Waals surface area contributed by atoms with Crippen molar-refractivity contribution < 1.29 is 9.47 Å². The highest BCUT2D eigenvalue weighted by Crippen LogP contribution is 2.28. The molecule has 0 saturated carbocycles. The Bertz CT molecular complexity index is 1190. The lowest BCUT2D eigenvalue weighted by Crippen LogP contribution is -2.21.